The Morgan fingerprint density at radius 2 is 1.82 bits per heavy atom. The molecule has 0 unspecified atom stereocenters. The first-order valence-electron chi connectivity index (χ1n) is 7.86. The lowest BCUT2D eigenvalue weighted by Crippen LogP contribution is -2.34. The van der Waals surface area contributed by atoms with Crippen molar-refractivity contribution in [1.82, 2.24) is 4.90 Å². The van der Waals surface area contributed by atoms with Crippen molar-refractivity contribution >= 4 is 64.1 Å². The van der Waals surface area contributed by atoms with E-state index in [2.05, 4.69) is 4.74 Å². The molecule has 1 aromatic rings. The zero-order valence-corrected chi connectivity index (χ0v) is 17.2. The van der Waals surface area contributed by atoms with Crippen LogP contribution in [0.15, 0.2) is 17.0 Å². The van der Waals surface area contributed by atoms with Crippen LogP contribution in [0.1, 0.15) is 12.5 Å². The van der Waals surface area contributed by atoms with Gasteiger partial charge in [0, 0.05) is 0 Å². The van der Waals surface area contributed by atoms with Crippen LogP contribution in [-0.2, 0) is 23.9 Å². The largest absolute Gasteiger partial charge is 0.479 e. The van der Waals surface area contributed by atoms with E-state index >= 15 is 0 Å². The van der Waals surface area contributed by atoms with Crippen molar-refractivity contribution in [2.24, 2.45) is 0 Å². The van der Waals surface area contributed by atoms with Crippen molar-refractivity contribution < 1.29 is 33.4 Å². The van der Waals surface area contributed by atoms with E-state index in [1.165, 1.54) is 18.2 Å². The molecule has 8 nitrogen and oxygen atoms in total. The van der Waals surface area contributed by atoms with Gasteiger partial charge < -0.3 is 14.2 Å². The molecule has 150 valence electrons. The summed E-state index contributed by atoms with van der Waals surface area (Å²) < 4.78 is 14.5. The molecule has 0 aromatic heterocycles. The van der Waals surface area contributed by atoms with Gasteiger partial charge in [0.05, 0.1) is 28.7 Å². The van der Waals surface area contributed by atoms with Crippen LogP contribution >= 0.6 is 35.0 Å². The molecule has 1 heterocycles. The first-order chi connectivity index (χ1) is 13.3. The smallest absolute Gasteiger partial charge is 0.344 e. The SMILES string of the molecule is CCOC(=O)COc1c(Cl)cc(/C=C2/SC(=O)N(CC(=O)OC)C2=O)cc1Cl. The number of benzene rings is 1. The molecule has 1 aliphatic heterocycles. The third kappa shape index (κ3) is 5.40. The Morgan fingerprint density at radius 3 is 2.39 bits per heavy atom. The van der Waals surface area contributed by atoms with Crippen LogP contribution in [-0.4, -0.2) is 54.9 Å². The molecule has 0 atom stereocenters. The number of hydrogen-bond donors (Lipinski definition) is 0. The monoisotopic (exact) mass is 447 g/mol. The molecule has 1 saturated heterocycles. The van der Waals surface area contributed by atoms with Crippen LogP contribution in [0.2, 0.25) is 10.0 Å². The fraction of sp³-hybridized carbons (Fsp3) is 0.294. The van der Waals surface area contributed by atoms with Crippen LogP contribution in [0, 0.1) is 0 Å². The number of rotatable bonds is 7. The van der Waals surface area contributed by atoms with E-state index in [1.807, 2.05) is 0 Å². The van der Waals surface area contributed by atoms with E-state index in [9.17, 15) is 19.2 Å². The number of imide groups is 1. The highest BCUT2D eigenvalue weighted by molar-refractivity contribution is 8.18. The lowest BCUT2D eigenvalue weighted by Gasteiger charge is -2.11. The van der Waals surface area contributed by atoms with Crippen LogP contribution in [0.3, 0.4) is 0 Å². The summed E-state index contributed by atoms with van der Waals surface area (Å²) in [6.45, 7) is 1.05. The molecule has 0 radical (unpaired) electrons. The number of amides is 2. The Morgan fingerprint density at radius 1 is 1.18 bits per heavy atom. The van der Waals surface area contributed by atoms with Gasteiger partial charge >= 0.3 is 11.9 Å². The van der Waals surface area contributed by atoms with Crippen molar-refractivity contribution in [1.29, 1.82) is 0 Å². The number of nitrogens with zero attached hydrogens (tertiary/aromatic N) is 1. The second-order valence-electron chi connectivity index (χ2n) is 5.25. The molecule has 0 bridgehead atoms. The predicted molar refractivity (Wildman–Crippen MR) is 103 cm³/mol. The molecule has 1 aliphatic rings. The second-order valence-corrected chi connectivity index (χ2v) is 7.06. The molecule has 2 amide bonds. The number of ether oxygens (including phenoxy) is 3. The van der Waals surface area contributed by atoms with Gasteiger partial charge in [-0.1, -0.05) is 23.2 Å². The summed E-state index contributed by atoms with van der Waals surface area (Å²) in [4.78, 5) is 47.8. The first-order valence-corrected chi connectivity index (χ1v) is 9.43. The highest BCUT2D eigenvalue weighted by atomic mass is 35.5. The molecule has 0 aliphatic carbocycles. The fourth-order valence-electron chi connectivity index (χ4n) is 2.12. The Kier molecular flexibility index (Phi) is 7.73. The Hall–Kier alpha value is -2.23. The van der Waals surface area contributed by atoms with Crippen molar-refractivity contribution in [3.63, 3.8) is 0 Å². The molecule has 0 N–H and O–H groups in total. The molecule has 0 spiro atoms. The Bertz CT molecular complexity index is 833. The summed E-state index contributed by atoms with van der Waals surface area (Å²) in [7, 11) is 1.16. The van der Waals surface area contributed by atoms with E-state index in [4.69, 9.17) is 32.7 Å². The van der Waals surface area contributed by atoms with Gasteiger partial charge in [0.2, 0.25) is 0 Å². The van der Waals surface area contributed by atoms with Crippen molar-refractivity contribution in [3.8, 4) is 5.75 Å². The summed E-state index contributed by atoms with van der Waals surface area (Å²) >= 11 is 13.0. The van der Waals surface area contributed by atoms with Crippen LogP contribution in [0.4, 0.5) is 4.79 Å². The quantitative estimate of drug-likeness (QED) is 0.464. The van der Waals surface area contributed by atoms with Gasteiger partial charge in [-0.3, -0.25) is 19.3 Å². The third-order valence-electron chi connectivity index (χ3n) is 3.35. The molecular formula is C17H15Cl2NO7S. The molecule has 2 rings (SSSR count). The predicted octanol–water partition coefficient (Wildman–Crippen LogP) is 3.14. The highest BCUT2D eigenvalue weighted by Gasteiger charge is 2.36. The number of hydrogen-bond acceptors (Lipinski definition) is 8. The fourth-order valence-corrected chi connectivity index (χ4v) is 3.57. The number of carbonyl (C=O) groups is 4. The third-order valence-corrected chi connectivity index (χ3v) is 4.82. The van der Waals surface area contributed by atoms with Gasteiger partial charge in [0.1, 0.15) is 6.54 Å². The van der Waals surface area contributed by atoms with E-state index in [-0.39, 0.29) is 33.9 Å². The topological polar surface area (TPSA) is 99.2 Å². The van der Waals surface area contributed by atoms with Gasteiger partial charge in [-0.25, -0.2) is 4.79 Å². The van der Waals surface area contributed by atoms with Crippen molar-refractivity contribution in [2.45, 2.75) is 6.92 Å². The van der Waals surface area contributed by atoms with Crippen molar-refractivity contribution in [3.05, 3.63) is 32.6 Å². The zero-order chi connectivity index (χ0) is 20.8. The summed E-state index contributed by atoms with van der Waals surface area (Å²) in [5.41, 5.74) is 0.432. The molecular weight excluding hydrogens is 433 g/mol. The molecule has 11 heteroatoms. The zero-order valence-electron chi connectivity index (χ0n) is 14.8. The van der Waals surface area contributed by atoms with E-state index in [0.29, 0.717) is 17.3 Å². The van der Waals surface area contributed by atoms with Crippen LogP contribution in [0.5, 0.6) is 5.75 Å². The van der Waals surface area contributed by atoms with Gasteiger partial charge in [-0.15, -0.1) is 0 Å². The van der Waals surface area contributed by atoms with Crippen LogP contribution < -0.4 is 4.74 Å². The minimum absolute atomic E-state index is 0.0901. The molecule has 28 heavy (non-hydrogen) atoms. The van der Waals surface area contributed by atoms with Crippen LogP contribution in [0.25, 0.3) is 6.08 Å². The summed E-state index contributed by atoms with van der Waals surface area (Å²) in [5.74, 6) is -1.82. The van der Waals surface area contributed by atoms with E-state index in [0.717, 1.165) is 12.0 Å². The summed E-state index contributed by atoms with van der Waals surface area (Å²) in [6.07, 6.45) is 1.41. The summed E-state index contributed by atoms with van der Waals surface area (Å²) in [5, 5.41) is -0.373. The molecule has 0 saturated carbocycles. The standard InChI is InChI=1S/C17H15Cl2NO7S/c1-3-26-14(22)8-27-15-10(18)4-9(5-11(15)19)6-12-16(23)20(17(24)28-12)7-13(21)25-2/h4-6H,3,7-8H2,1-2H3/b12-6+. The lowest BCUT2D eigenvalue weighted by molar-refractivity contribution is -0.145. The normalized spacial score (nSPS) is 15.1. The lowest BCUT2D eigenvalue weighted by atomic mass is 10.2. The van der Waals surface area contributed by atoms with Gasteiger partial charge in [-0.2, -0.15) is 0 Å². The summed E-state index contributed by atoms with van der Waals surface area (Å²) in [6, 6.07) is 2.92. The van der Waals surface area contributed by atoms with Gasteiger partial charge in [-0.05, 0) is 42.5 Å². The number of methoxy groups -OCH3 is 1. The number of carbonyl (C=O) groups excluding carboxylic acids is 4. The maximum atomic E-state index is 12.3. The number of esters is 2. The van der Waals surface area contributed by atoms with Crippen molar-refractivity contribution in [2.75, 3.05) is 26.9 Å². The maximum Gasteiger partial charge on any atom is 0.344 e. The average molecular weight is 448 g/mol. The molecule has 1 fully saturated rings. The van der Waals surface area contributed by atoms with E-state index in [1.54, 1.807) is 6.92 Å². The number of halogens is 2. The average Bonchev–Trinajstić information content (AvgIpc) is 2.88. The molecule has 1 aromatic carbocycles. The number of thioether (sulfide) groups is 1. The Balaban J connectivity index is 2.18. The maximum absolute atomic E-state index is 12.3. The second kappa shape index (κ2) is 9.81. The Labute approximate surface area is 174 Å². The highest BCUT2D eigenvalue weighted by Crippen LogP contribution is 2.37. The van der Waals surface area contributed by atoms with Gasteiger partial charge in [0.15, 0.2) is 12.4 Å². The van der Waals surface area contributed by atoms with E-state index < -0.39 is 29.6 Å². The first kappa shape index (κ1) is 22.1. The van der Waals surface area contributed by atoms with Gasteiger partial charge in [0.25, 0.3) is 11.1 Å². The minimum atomic E-state index is -0.710. The minimum Gasteiger partial charge on any atom is -0.479 e.